The number of hydrogen-bond donors (Lipinski definition) is 0. The van der Waals surface area contributed by atoms with Crippen molar-refractivity contribution in [3.05, 3.63) is 98.7 Å². The zero-order valence-corrected chi connectivity index (χ0v) is 22.3. The third-order valence-electron chi connectivity index (χ3n) is 6.97. The largest absolute Gasteiger partial charge is 0.369 e. The van der Waals surface area contributed by atoms with E-state index in [1.165, 1.54) is 27.7 Å². The number of para-hydroxylation sites is 1. The SMILES string of the molecule is CCn1c(COCc2ccccc2)nn(-c2nc3c(cc2F)C(=O)N(c2c(F)cccc2Cl)CN3C2CC2)c1=O. The average molecular weight is 567 g/mol. The van der Waals surface area contributed by atoms with E-state index in [0.29, 0.717) is 19.0 Å². The summed E-state index contributed by atoms with van der Waals surface area (Å²) in [5, 5.41) is 4.41. The average Bonchev–Trinajstić information content (AvgIpc) is 3.74. The van der Waals surface area contributed by atoms with Gasteiger partial charge in [0, 0.05) is 12.6 Å². The van der Waals surface area contributed by atoms with Crippen LogP contribution in [0, 0.1) is 11.6 Å². The van der Waals surface area contributed by atoms with Crippen molar-refractivity contribution in [2.24, 2.45) is 0 Å². The van der Waals surface area contributed by atoms with Gasteiger partial charge in [-0.05, 0) is 43.5 Å². The first-order chi connectivity index (χ1) is 19.4. The molecule has 2 aromatic carbocycles. The maximum Gasteiger partial charge on any atom is 0.352 e. The van der Waals surface area contributed by atoms with Crippen molar-refractivity contribution in [3.63, 3.8) is 0 Å². The molecule has 1 fully saturated rings. The number of pyridine rings is 1. The molecule has 6 rings (SSSR count). The highest BCUT2D eigenvalue weighted by Gasteiger charge is 2.41. The standard InChI is InChI=1S/C28H25ClF2N6O3/c1-2-34-23(15-40-14-17-7-4-3-5-8-17)33-37(28(34)39)26-22(31)13-19-25(32-26)35(18-11-12-18)16-36(27(19)38)24-20(29)9-6-10-21(24)30/h3-10,13,18H,2,11-12,14-16H2,1H3. The number of carbonyl (C=O) groups is 1. The van der Waals surface area contributed by atoms with Gasteiger partial charge in [0.15, 0.2) is 17.5 Å². The van der Waals surface area contributed by atoms with E-state index in [1.807, 2.05) is 35.2 Å². The summed E-state index contributed by atoms with van der Waals surface area (Å²) in [7, 11) is 0. The summed E-state index contributed by atoms with van der Waals surface area (Å²) in [6.07, 6.45) is 1.66. The van der Waals surface area contributed by atoms with Crippen LogP contribution in [0.3, 0.4) is 0 Å². The monoisotopic (exact) mass is 566 g/mol. The molecule has 0 unspecified atom stereocenters. The number of anilines is 2. The van der Waals surface area contributed by atoms with Crippen LogP contribution in [0.4, 0.5) is 20.3 Å². The van der Waals surface area contributed by atoms with E-state index in [2.05, 4.69) is 10.1 Å². The highest BCUT2D eigenvalue weighted by atomic mass is 35.5. The molecule has 0 radical (unpaired) electrons. The van der Waals surface area contributed by atoms with Crippen molar-refractivity contribution >= 4 is 29.0 Å². The van der Waals surface area contributed by atoms with Crippen LogP contribution in [-0.2, 0) is 24.5 Å². The first kappa shape index (κ1) is 26.1. The molecule has 1 aliphatic carbocycles. The Labute approximate surface area is 233 Å². The van der Waals surface area contributed by atoms with Gasteiger partial charge in [0.1, 0.15) is 30.6 Å². The fourth-order valence-corrected chi connectivity index (χ4v) is 5.12. The van der Waals surface area contributed by atoms with Crippen LogP contribution in [-0.4, -0.2) is 37.9 Å². The molecule has 3 heterocycles. The fraction of sp³-hybridized carbons (Fsp3) is 0.286. The molecule has 0 atom stereocenters. The number of fused-ring (bicyclic) bond motifs is 1. The van der Waals surface area contributed by atoms with E-state index in [0.717, 1.165) is 29.2 Å². The Morgan fingerprint density at radius 2 is 1.77 bits per heavy atom. The van der Waals surface area contributed by atoms with Crippen LogP contribution in [0.15, 0.2) is 59.4 Å². The summed E-state index contributed by atoms with van der Waals surface area (Å²) in [4.78, 5) is 34.2. The van der Waals surface area contributed by atoms with Crippen LogP contribution in [0.1, 0.15) is 41.5 Å². The first-order valence-electron chi connectivity index (χ1n) is 12.9. The van der Waals surface area contributed by atoms with Gasteiger partial charge in [-0.25, -0.2) is 18.6 Å². The molecule has 206 valence electrons. The number of hydrogen-bond acceptors (Lipinski definition) is 6. The Morgan fingerprint density at radius 3 is 2.48 bits per heavy atom. The van der Waals surface area contributed by atoms with Gasteiger partial charge in [-0.3, -0.25) is 14.3 Å². The van der Waals surface area contributed by atoms with Gasteiger partial charge in [-0.2, -0.15) is 4.68 Å². The highest BCUT2D eigenvalue weighted by molar-refractivity contribution is 6.34. The molecule has 0 N–H and O–H groups in total. The van der Waals surface area contributed by atoms with E-state index in [1.54, 1.807) is 6.92 Å². The third-order valence-corrected chi connectivity index (χ3v) is 7.28. The van der Waals surface area contributed by atoms with E-state index in [9.17, 15) is 14.0 Å². The molecule has 0 saturated heterocycles. The predicted octanol–water partition coefficient (Wildman–Crippen LogP) is 4.68. The number of benzene rings is 2. The molecule has 1 amide bonds. The van der Waals surface area contributed by atoms with Crippen molar-refractivity contribution in [2.75, 3.05) is 16.5 Å². The van der Waals surface area contributed by atoms with Gasteiger partial charge >= 0.3 is 5.69 Å². The molecule has 2 aromatic heterocycles. The summed E-state index contributed by atoms with van der Waals surface area (Å²) in [6, 6.07) is 14.8. The maximum atomic E-state index is 15.6. The predicted molar refractivity (Wildman–Crippen MR) is 145 cm³/mol. The highest BCUT2D eigenvalue weighted by Crippen LogP contribution is 2.40. The second-order valence-corrected chi connectivity index (χ2v) is 10.1. The summed E-state index contributed by atoms with van der Waals surface area (Å²) in [5.41, 5.74) is 0.262. The van der Waals surface area contributed by atoms with E-state index in [4.69, 9.17) is 16.3 Å². The van der Waals surface area contributed by atoms with Gasteiger partial charge in [0.2, 0.25) is 0 Å². The van der Waals surface area contributed by atoms with Crippen molar-refractivity contribution in [3.8, 4) is 5.82 Å². The minimum Gasteiger partial charge on any atom is -0.369 e. The van der Waals surface area contributed by atoms with Crippen LogP contribution < -0.4 is 15.5 Å². The summed E-state index contributed by atoms with van der Waals surface area (Å²) in [5.74, 6) is -2.01. The van der Waals surface area contributed by atoms with Crippen LogP contribution in [0.2, 0.25) is 5.02 Å². The number of rotatable bonds is 8. The number of carbonyl (C=O) groups excluding carboxylic acids is 1. The third kappa shape index (κ3) is 4.65. The lowest BCUT2D eigenvalue weighted by Crippen LogP contribution is -2.49. The van der Waals surface area contributed by atoms with Crippen LogP contribution in [0.25, 0.3) is 5.82 Å². The Kier molecular flexibility index (Phi) is 6.85. The molecule has 40 heavy (non-hydrogen) atoms. The molecule has 1 aliphatic heterocycles. The molecule has 12 heteroatoms. The lowest BCUT2D eigenvalue weighted by atomic mass is 10.1. The zero-order chi connectivity index (χ0) is 28.0. The Balaban J connectivity index is 1.36. The van der Waals surface area contributed by atoms with Gasteiger partial charge in [0.25, 0.3) is 5.91 Å². The van der Waals surface area contributed by atoms with E-state index >= 15 is 4.39 Å². The molecule has 2 aliphatic rings. The minimum absolute atomic E-state index is 0.0217. The second-order valence-electron chi connectivity index (χ2n) is 9.64. The van der Waals surface area contributed by atoms with Crippen molar-refractivity contribution in [1.29, 1.82) is 0 Å². The van der Waals surface area contributed by atoms with Gasteiger partial charge in [-0.1, -0.05) is 48.0 Å². The minimum atomic E-state index is -0.913. The van der Waals surface area contributed by atoms with Gasteiger partial charge < -0.3 is 9.64 Å². The first-order valence-corrected chi connectivity index (χ1v) is 13.3. The number of halogens is 3. The molecule has 9 nitrogen and oxygen atoms in total. The Bertz CT molecular complexity index is 1630. The van der Waals surface area contributed by atoms with E-state index < -0.39 is 23.2 Å². The topological polar surface area (TPSA) is 85.5 Å². The van der Waals surface area contributed by atoms with Crippen molar-refractivity contribution in [1.82, 2.24) is 19.3 Å². The summed E-state index contributed by atoms with van der Waals surface area (Å²) in [6.45, 7) is 2.40. The Hall–Kier alpha value is -4.09. The number of amides is 1. The summed E-state index contributed by atoms with van der Waals surface area (Å²) < 4.78 is 38.4. The zero-order valence-electron chi connectivity index (χ0n) is 21.6. The lowest BCUT2D eigenvalue weighted by molar-refractivity contribution is 0.0980. The van der Waals surface area contributed by atoms with Gasteiger partial charge in [0.05, 0.1) is 17.2 Å². The quantitative estimate of drug-likeness (QED) is 0.308. The molecule has 0 bridgehead atoms. The number of aromatic nitrogens is 4. The normalized spacial score (nSPS) is 15.1. The molecule has 0 spiro atoms. The maximum absolute atomic E-state index is 15.6. The van der Waals surface area contributed by atoms with Crippen molar-refractivity contribution < 1.29 is 18.3 Å². The second kappa shape index (κ2) is 10.5. The summed E-state index contributed by atoms with van der Waals surface area (Å²) >= 11 is 6.25. The molecule has 4 aromatic rings. The van der Waals surface area contributed by atoms with E-state index in [-0.39, 0.29) is 47.2 Å². The van der Waals surface area contributed by atoms with Crippen molar-refractivity contribution in [2.45, 2.75) is 45.6 Å². The molecule has 1 saturated carbocycles. The lowest BCUT2D eigenvalue weighted by Gasteiger charge is -2.37. The van der Waals surface area contributed by atoms with Gasteiger partial charge in [-0.15, -0.1) is 5.10 Å². The molecular formula is C28H25ClF2N6O3. The van der Waals surface area contributed by atoms with Crippen LogP contribution in [0.5, 0.6) is 0 Å². The number of nitrogens with zero attached hydrogens (tertiary/aromatic N) is 6. The molecular weight excluding hydrogens is 542 g/mol. The number of ether oxygens (including phenoxy) is 1. The fourth-order valence-electron chi connectivity index (χ4n) is 4.85. The smallest absolute Gasteiger partial charge is 0.352 e. The van der Waals surface area contributed by atoms with Crippen LogP contribution >= 0.6 is 11.6 Å². The Morgan fingerprint density at radius 1 is 1.00 bits per heavy atom.